The fraction of sp³-hybridized carbons (Fsp3) is 0.556. The Morgan fingerprint density at radius 3 is 2.70 bits per heavy atom. The van der Waals surface area contributed by atoms with Crippen LogP contribution >= 0.6 is 15.9 Å². The van der Waals surface area contributed by atoms with Gasteiger partial charge < -0.3 is 9.47 Å². The third-order valence-corrected chi connectivity index (χ3v) is 6.22. The third kappa shape index (κ3) is 2.06. The Labute approximate surface area is 143 Å². The molecule has 2 heterocycles. The summed E-state index contributed by atoms with van der Waals surface area (Å²) in [4.78, 5) is 26.0. The topological polar surface area (TPSA) is 52.6 Å². The second-order valence-electron chi connectivity index (χ2n) is 6.72. The summed E-state index contributed by atoms with van der Waals surface area (Å²) in [7, 11) is 1.57. The Hall–Kier alpha value is -1.20. The summed E-state index contributed by atoms with van der Waals surface area (Å²) in [5.74, 6) is -0.181. The lowest BCUT2D eigenvalue weighted by Crippen LogP contribution is -2.34. The molecule has 1 saturated carbocycles. The molecule has 2 bridgehead atoms. The third-order valence-electron chi connectivity index (χ3n) is 5.73. The molecule has 6 atom stereocenters. The first-order valence-electron chi connectivity index (χ1n) is 8.13. The van der Waals surface area contributed by atoms with Gasteiger partial charge in [0.25, 0.3) is 0 Å². The van der Waals surface area contributed by atoms with Crippen molar-refractivity contribution in [3.63, 3.8) is 0 Å². The predicted molar refractivity (Wildman–Crippen MR) is 87.5 cm³/mol. The minimum Gasteiger partial charge on any atom is -0.496 e. The van der Waals surface area contributed by atoms with E-state index in [4.69, 9.17) is 9.47 Å². The number of halogens is 1. The van der Waals surface area contributed by atoms with Crippen molar-refractivity contribution in [3.8, 4) is 5.75 Å². The van der Waals surface area contributed by atoms with E-state index in [1.807, 2.05) is 18.2 Å². The molecular weight excluding hydrogens is 360 g/mol. The smallest absolute Gasteiger partial charge is 0.154 e. The number of carbonyl (C=O) groups is 2. The lowest BCUT2D eigenvalue weighted by molar-refractivity contribution is -0.127. The van der Waals surface area contributed by atoms with E-state index >= 15 is 0 Å². The van der Waals surface area contributed by atoms with Gasteiger partial charge in [0.15, 0.2) is 11.6 Å². The molecule has 3 unspecified atom stereocenters. The van der Waals surface area contributed by atoms with Gasteiger partial charge in [0.05, 0.1) is 31.2 Å². The van der Waals surface area contributed by atoms with Crippen molar-refractivity contribution < 1.29 is 19.1 Å². The molecule has 0 radical (unpaired) electrons. The van der Waals surface area contributed by atoms with Crippen LogP contribution in [-0.2, 0) is 14.3 Å². The zero-order valence-electron chi connectivity index (χ0n) is 13.1. The summed E-state index contributed by atoms with van der Waals surface area (Å²) in [6, 6.07) is 5.49. The van der Waals surface area contributed by atoms with Gasteiger partial charge in [-0.1, -0.05) is 35.3 Å². The molecule has 1 aliphatic carbocycles. The van der Waals surface area contributed by atoms with Crippen molar-refractivity contribution in [2.75, 3.05) is 7.11 Å². The van der Waals surface area contributed by atoms with Crippen LogP contribution in [0.2, 0.25) is 0 Å². The summed E-state index contributed by atoms with van der Waals surface area (Å²) in [6.07, 6.45) is 1.76. The van der Waals surface area contributed by atoms with E-state index < -0.39 is 5.92 Å². The largest absolute Gasteiger partial charge is 0.496 e. The molecule has 0 amide bonds. The predicted octanol–water partition coefficient (Wildman–Crippen LogP) is 3.12. The molecule has 0 N–H and O–H groups in total. The first kappa shape index (κ1) is 15.3. The molecular formula is C18H19BrO4. The molecule has 2 aliphatic heterocycles. The standard InChI is InChI=1S/C18H19BrO4/c1-3-8-6-12-14-15(18(8)23-12)17(21)13(16(14)20)10-5-4-9(19)7-11(10)22-2/h4-5,7-8,12-15,18H,3,6H2,1-2H3/t8-,12?,13?,14-,15+,18?/m0/s1. The van der Waals surface area contributed by atoms with Crippen molar-refractivity contribution in [2.45, 2.75) is 37.9 Å². The first-order valence-corrected chi connectivity index (χ1v) is 8.92. The maximum Gasteiger partial charge on any atom is 0.154 e. The Morgan fingerprint density at radius 1 is 1.26 bits per heavy atom. The van der Waals surface area contributed by atoms with Gasteiger partial charge in [-0.15, -0.1) is 0 Å². The number of methoxy groups -OCH3 is 1. The summed E-state index contributed by atoms with van der Waals surface area (Å²) in [5, 5.41) is 0. The zero-order chi connectivity index (χ0) is 16.3. The van der Waals surface area contributed by atoms with Crippen molar-refractivity contribution in [1.29, 1.82) is 0 Å². The molecule has 3 aliphatic rings. The van der Waals surface area contributed by atoms with Crippen LogP contribution in [0, 0.1) is 17.8 Å². The number of ketones is 2. The van der Waals surface area contributed by atoms with E-state index in [0.717, 1.165) is 17.3 Å². The number of rotatable bonds is 3. The van der Waals surface area contributed by atoms with Crippen molar-refractivity contribution >= 4 is 27.5 Å². The molecule has 23 heavy (non-hydrogen) atoms. The Kier molecular flexibility index (Phi) is 3.61. The van der Waals surface area contributed by atoms with Crippen molar-refractivity contribution in [2.24, 2.45) is 17.8 Å². The van der Waals surface area contributed by atoms with E-state index in [-0.39, 0.29) is 35.6 Å². The van der Waals surface area contributed by atoms with E-state index in [0.29, 0.717) is 17.2 Å². The van der Waals surface area contributed by atoms with Gasteiger partial charge in [-0.2, -0.15) is 0 Å². The molecule has 4 rings (SSSR count). The van der Waals surface area contributed by atoms with E-state index in [1.165, 1.54) is 0 Å². The minimum atomic E-state index is -0.697. The Morgan fingerprint density at radius 2 is 2.00 bits per heavy atom. The molecule has 0 spiro atoms. The lowest BCUT2D eigenvalue weighted by atomic mass is 9.74. The van der Waals surface area contributed by atoms with Crippen LogP contribution in [0.4, 0.5) is 0 Å². The number of Topliss-reactive ketones (excluding diaryl/α,β-unsaturated/α-hetero) is 2. The number of ether oxygens (including phenoxy) is 2. The molecule has 1 aromatic rings. The number of fused-ring (bicyclic) bond motifs is 5. The summed E-state index contributed by atoms with van der Waals surface area (Å²) >= 11 is 3.40. The summed E-state index contributed by atoms with van der Waals surface area (Å²) in [6.45, 7) is 2.13. The molecule has 3 fully saturated rings. The van der Waals surface area contributed by atoms with Crippen LogP contribution in [0.15, 0.2) is 22.7 Å². The zero-order valence-corrected chi connectivity index (χ0v) is 14.7. The quantitative estimate of drug-likeness (QED) is 0.758. The average molecular weight is 379 g/mol. The monoisotopic (exact) mass is 378 g/mol. The van der Waals surface area contributed by atoms with Crippen LogP contribution in [0.1, 0.15) is 31.2 Å². The number of benzene rings is 1. The highest BCUT2D eigenvalue weighted by molar-refractivity contribution is 9.10. The Balaban J connectivity index is 1.73. The maximum atomic E-state index is 13.0. The van der Waals surface area contributed by atoms with E-state index in [9.17, 15) is 9.59 Å². The molecule has 122 valence electrons. The summed E-state index contributed by atoms with van der Waals surface area (Å²) in [5.41, 5.74) is 0.688. The van der Waals surface area contributed by atoms with Gasteiger partial charge in [-0.3, -0.25) is 9.59 Å². The highest BCUT2D eigenvalue weighted by Crippen LogP contribution is 2.55. The SMILES string of the molecule is CC[C@H]1CC2OC1[C@H]1C(=O)C(c3ccc(Br)cc3OC)C(=O)[C@@H]21. The first-order chi connectivity index (χ1) is 11.1. The second kappa shape index (κ2) is 5.42. The van der Waals surface area contributed by atoms with Crippen LogP contribution in [0.25, 0.3) is 0 Å². The van der Waals surface area contributed by atoms with Crippen LogP contribution < -0.4 is 4.74 Å². The Bertz CT molecular complexity index is 686. The van der Waals surface area contributed by atoms with Crippen molar-refractivity contribution in [3.05, 3.63) is 28.2 Å². The molecule has 2 saturated heterocycles. The normalized spacial score (nSPS) is 38.2. The highest BCUT2D eigenvalue weighted by Gasteiger charge is 2.65. The minimum absolute atomic E-state index is 0.0164. The number of hydrogen-bond acceptors (Lipinski definition) is 4. The van der Waals surface area contributed by atoms with Gasteiger partial charge in [0.1, 0.15) is 11.7 Å². The lowest BCUT2D eigenvalue weighted by Gasteiger charge is -2.24. The van der Waals surface area contributed by atoms with Gasteiger partial charge in [-0.05, 0) is 24.5 Å². The van der Waals surface area contributed by atoms with Gasteiger partial charge in [0, 0.05) is 10.0 Å². The van der Waals surface area contributed by atoms with Crippen LogP contribution in [0.5, 0.6) is 5.75 Å². The maximum absolute atomic E-state index is 13.0. The van der Waals surface area contributed by atoms with E-state index in [2.05, 4.69) is 22.9 Å². The van der Waals surface area contributed by atoms with Gasteiger partial charge in [0.2, 0.25) is 0 Å². The number of carbonyl (C=O) groups excluding carboxylic acids is 2. The van der Waals surface area contributed by atoms with Gasteiger partial charge >= 0.3 is 0 Å². The molecule has 0 aromatic heterocycles. The second-order valence-corrected chi connectivity index (χ2v) is 7.63. The van der Waals surface area contributed by atoms with Gasteiger partial charge in [-0.25, -0.2) is 0 Å². The van der Waals surface area contributed by atoms with Crippen LogP contribution in [-0.4, -0.2) is 30.9 Å². The number of hydrogen-bond donors (Lipinski definition) is 0. The molecule has 1 aromatic carbocycles. The van der Waals surface area contributed by atoms with Crippen LogP contribution in [0.3, 0.4) is 0 Å². The average Bonchev–Trinajstić information content (AvgIpc) is 3.19. The molecule has 5 heteroatoms. The fourth-order valence-electron chi connectivity index (χ4n) is 4.70. The van der Waals surface area contributed by atoms with E-state index in [1.54, 1.807) is 7.11 Å². The highest BCUT2D eigenvalue weighted by atomic mass is 79.9. The summed E-state index contributed by atoms with van der Waals surface area (Å²) < 4.78 is 12.2. The fourth-order valence-corrected chi connectivity index (χ4v) is 5.04. The van der Waals surface area contributed by atoms with Crippen molar-refractivity contribution in [1.82, 2.24) is 0 Å². The molecule has 4 nitrogen and oxygen atoms in total.